The Morgan fingerprint density at radius 3 is 1.27 bits per heavy atom. The number of hydrogen-bond donors (Lipinski definition) is 9. The maximum Gasteiger partial charge on any atom is 0.326 e. The number of carbonyl (C=O) groups excluding carboxylic acids is 5. The van der Waals surface area contributed by atoms with E-state index in [0.717, 1.165) is 22.5 Å². The quantitative estimate of drug-likeness (QED) is 0.0321. The van der Waals surface area contributed by atoms with Crippen LogP contribution in [0.15, 0.2) is 212 Å². The van der Waals surface area contributed by atoms with Gasteiger partial charge in [0.1, 0.15) is 34.9 Å². The molecule has 0 aliphatic heterocycles. The lowest BCUT2D eigenvalue weighted by molar-refractivity contribution is -0.113. The van der Waals surface area contributed by atoms with Crippen LogP contribution in [0.4, 0.5) is 32.3 Å². The van der Waals surface area contributed by atoms with E-state index in [9.17, 15) is 74.7 Å². The number of anilines is 1. The molecule has 20 rings (SSSR count). The number of imidazole rings is 1. The summed E-state index contributed by atoms with van der Waals surface area (Å²) in [6.45, 7) is 12.0. The number of aryl methyl sites for hydroxylation is 4. The summed E-state index contributed by atoms with van der Waals surface area (Å²) >= 11 is 13.0. The number of benzene rings is 8. The third-order valence-corrected chi connectivity index (χ3v) is 24.3. The maximum atomic E-state index is 15.1. The lowest BCUT2D eigenvalue weighted by Gasteiger charge is -2.13. The minimum atomic E-state index is -0.682. The first-order chi connectivity index (χ1) is 64.0. The van der Waals surface area contributed by atoms with Gasteiger partial charge in [-0.2, -0.15) is 5.10 Å². The van der Waals surface area contributed by atoms with Gasteiger partial charge < -0.3 is 48.9 Å². The zero-order valence-corrected chi connectivity index (χ0v) is 73.6. The number of ketones is 5. The number of fused-ring (bicyclic) bond motifs is 8. The number of nitrogens with two attached hydrogens (primary N) is 1. The van der Waals surface area contributed by atoms with Crippen molar-refractivity contribution in [2.45, 2.75) is 88.0 Å². The second kappa shape index (κ2) is 35.5. The van der Waals surface area contributed by atoms with E-state index < -0.39 is 62.8 Å². The fraction of sp³-hybridized carbons (Fsp3) is 0.131. The van der Waals surface area contributed by atoms with Gasteiger partial charge >= 0.3 is 5.69 Å². The first-order valence-electron chi connectivity index (χ1n) is 41.4. The SMILES string of the molecule is CC(=O)c1c(-c2ccc[nH]c2=O)c2cc(C)c(F)cc2n1Cc1cc2[nH]cnc2cc1F.CC(=O)c1c(-c2ccc[nH]c2=O)c2cc(C)c(F)cc2n1Cc1cc2c(=O)[nH]c(=O)[nH]c2cc1Cl.CC(=O)c1c(-c2ccc[nH]c2=O)c2cc(C)c(F)cc2n1Cc1cc2c(=O)[nH]c(N)nc2cc1F.CC(=O)c1c(C2=CC=CCC2=O)c2cc(C)c(F)cc2n1Cc1cc2cn[nH]c2cc1Cl. The molecule has 1 aliphatic carbocycles. The monoisotopic (exact) mass is 1850 g/mol. The van der Waals surface area contributed by atoms with E-state index in [1.54, 1.807) is 133 Å². The molecule has 27 nitrogen and oxygen atoms in total. The Balaban J connectivity index is 0.000000124. The Bertz CT molecular complexity index is 8770. The number of nitrogens with one attached hydrogen (secondary N) is 8. The fourth-order valence-corrected chi connectivity index (χ4v) is 17.8. The second-order valence-corrected chi connectivity index (χ2v) is 33.2. The van der Waals surface area contributed by atoms with Gasteiger partial charge in [-0.1, -0.05) is 41.4 Å². The van der Waals surface area contributed by atoms with E-state index in [-0.39, 0.29) is 139 Å². The van der Waals surface area contributed by atoms with Crippen molar-refractivity contribution >= 4 is 151 Å². The van der Waals surface area contributed by atoms with E-state index in [1.807, 2.05) is 12.1 Å². The average Bonchev–Trinajstić information content (AvgIpc) is 1.60. The molecule has 0 saturated heterocycles. The number of aromatic amines is 8. The summed E-state index contributed by atoms with van der Waals surface area (Å²) in [6.07, 6.45) is 13.2. The summed E-state index contributed by atoms with van der Waals surface area (Å²) in [5.74, 6) is -4.48. The molecule has 19 aromatic rings. The van der Waals surface area contributed by atoms with Crippen LogP contribution in [0.3, 0.4) is 0 Å². The number of carbonyl (C=O) groups is 5. The van der Waals surface area contributed by atoms with Crippen molar-refractivity contribution < 1.29 is 50.3 Å². The molecule has 672 valence electrons. The minimum absolute atomic E-state index is 0.00594. The molecular weight excluding hydrogens is 1770 g/mol. The van der Waals surface area contributed by atoms with E-state index >= 15 is 4.39 Å². The normalized spacial score (nSPS) is 12.0. The Kier molecular flexibility index (Phi) is 23.7. The molecule has 0 atom stereocenters. The van der Waals surface area contributed by atoms with Gasteiger partial charge in [0.2, 0.25) is 5.95 Å². The minimum Gasteiger partial charge on any atom is -0.369 e. The standard InChI is InChI=1S/C25H18ClFN4O4.C25H19ClFN3O2.C25H19F2N5O3.C24H18F2N4O2/c1-11-6-16-20(9-18(11)27)31(22(12(2)32)21(16)14-4-3-5-28-23(14)33)10-13-7-15-19(8-17(13)26)29-25(35)30-24(15)34;1-13-7-18-22(10-20(13)27)30(12-16-8-15-11-28-29-21(15)9-19(16)26)25(14(2)31)24(18)17-5-3-4-6-23(17)32;1-11-6-16-20(9-17(11)26)32(22(12(2)33)21(16)14-4-3-5-29-23(14)34)10-13-7-15-19(8-18(13)27)30-25(28)31-24(15)35;1-12-6-16-21(9-17(12)25)30(10-14-7-19-20(8-18(14)26)29-11-28-19)23(13(2)31)22(16)15-4-3-5-27-24(15)32/h3-9H,10H2,1-2H3,(H,28,33)(H2,29,30,34,35);3-5,7-11H,6,12H2,1-2H3,(H,28,29);3-9H,10H2,1-2H3,(H,29,34)(H3,28,30,31,35);3-9,11H,10H2,1-2H3,(H,27,32)(H,28,29). The maximum absolute atomic E-state index is 15.1. The van der Waals surface area contributed by atoms with Crippen LogP contribution in [-0.2, 0) is 31.0 Å². The summed E-state index contributed by atoms with van der Waals surface area (Å²) in [5.41, 5.74) is 13.4. The Morgan fingerprint density at radius 1 is 0.418 bits per heavy atom. The van der Waals surface area contributed by atoms with Crippen molar-refractivity contribution in [2.24, 2.45) is 0 Å². The number of rotatable bonds is 16. The zero-order valence-electron chi connectivity index (χ0n) is 72.1. The van der Waals surface area contributed by atoms with Gasteiger partial charge in [0.15, 0.2) is 28.9 Å². The predicted octanol–water partition coefficient (Wildman–Crippen LogP) is 18.0. The van der Waals surface area contributed by atoms with Crippen molar-refractivity contribution in [3.63, 3.8) is 0 Å². The first-order valence-corrected chi connectivity index (χ1v) is 42.2. The van der Waals surface area contributed by atoms with Crippen LogP contribution < -0.4 is 39.2 Å². The van der Waals surface area contributed by atoms with Crippen LogP contribution in [-0.4, -0.2) is 102 Å². The topological polar surface area (TPSA) is 398 Å². The van der Waals surface area contributed by atoms with Gasteiger partial charge in [0.05, 0.1) is 109 Å². The molecule has 0 fully saturated rings. The van der Waals surface area contributed by atoms with Crippen LogP contribution in [0.2, 0.25) is 10.0 Å². The summed E-state index contributed by atoms with van der Waals surface area (Å²) in [4.78, 5) is 164. The van der Waals surface area contributed by atoms with Gasteiger partial charge in [0.25, 0.3) is 27.8 Å². The molecule has 0 unspecified atom stereocenters. The van der Waals surface area contributed by atoms with E-state index in [4.69, 9.17) is 28.9 Å². The summed E-state index contributed by atoms with van der Waals surface area (Å²) in [7, 11) is 0. The van der Waals surface area contributed by atoms with Crippen LogP contribution in [0.25, 0.3) is 126 Å². The molecule has 35 heteroatoms. The van der Waals surface area contributed by atoms with Crippen molar-refractivity contribution in [1.82, 2.24) is 73.3 Å². The van der Waals surface area contributed by atoms with Gasteiger partial charge in [-0.05, 0) is 182 Å². The highest BCUT2D eigenvalue weighted by Crippen LogP contribution is 2.43. The van der Waals surface area contributed by atoms with Crippen molar-refractivity contribution in [3.8, 4) is 33.4 Å². The van der Waals surface area contributed by atoms with Crippen LogP contribution in [0.5, 0.6) is 0 Å². The molecule has 0 bridgehead atoms. The third-order valence-electron chi connectivity index (χ3n) is 23.6. The lowest BCUT2D eigenvalue weighted by atomic mass is 9.92. The number of hydrogen-bond acceptors (Lipinski definition) is 15. The predicted molar refractivity (Wildman–Crippen MR) is 502 cm³/mol. The van der Waals surface area contributed by atoms with Crippen molar-refractivity contribution in [1.29, 1.82) is 0 Å². The summed E-state index contributed by atoms with van der Waals surface area (Å²) < 4.78 is 95.0. The number of nitrogens with zero attached hydrogens (tertiary/aromatic N) is 7. The van der Waals surface area contributed by atoms with Gasteiger partial charge in [-0.25, -0.2) is 41.1 Å². The highest BCUT2D eigenvalue weighted by molar-refractivity contribution is 6.33. The summed E-state index contributed by atoms with van der Waals surface area (Å²) in [5, 5.41) is 11.1. The largest absolute Gasteiger partial charge is 0.369 e. The highest BCUT2D eigenvalue weighted by atomic mass is 35.5. The van der Waals surface area contributed by atoms with Gasteiger partial charge in [-0.3, -0.25) is 63.0 Å². The zero-order chi connectivity index (χ0) is 95.2. The molecular formula is C99H74Cl2F6N16O11. The van der Waals surface area contributed by atoms with Crippen molar-refractivity contribution in [2.75, 3.05) is 5.73 Å². The van der Waals surface area contributed by atoms with E-state index in [2.05, 4.69) is 55.1 Å². The molecule has 11 heterocycles. The molecule has 1 aliphatic rings. The smallest absolute Gasteiger partial charge is 0.326 e. The molecule has 8 aromatic carbocycles. The van der Waals surface area contributed by atoms with Crippen LogP contribution >= 0.6 is 23.2 Å². The number of halogens is 8. The average molecular weight is 1850 g/mol. The fourth-order valence-electron chi connectivity index (χ4n) is 17.4. The number of aromatic nitrogens is 15. The van der Waals surface area contributed by atoms with Gasteiger partial charge in [-0.15, -0.1) is 0 Å². The van der Waals surface area contributed by atoms with Crippen LogP contribution in [0, 0.1) is 62.6 Å². The summed E-state index contributed by atoms with van der Waals surface area (Å²) in [6, 6.07) is 33.5. The molecule has 0 spiro atoms. The second-order valence-electron chi connectivity index (χ2n) is 32.4. The first kappa shape index (κ1) is 89.6. The molecule has 0 radical (unpaired) electrons. The number of Topliss-reactive ketones (excluding diaryl/α,β-unsaturated/α-hetero) is 5. The van der Waals surface area contributed by atoms with Crippen molar-refractivity contribution in [3.05, 3.63) is 363 Å². The Morgan fingerprint density at radius 2 is 0.821 bits per heavy atom. The highest BCUT2D eigenvalue weighted by Gasteiger charge is 2.33. The molecule has 10 N–H and O–H groups in total. The number of allylic oxidation sites excluding steroid dienone is 4. The molecule has 0 amide bonds. The Hall–Kier alpha value is -16.4. The number of nitrogen functional groups attached to an aromatic ring is 1. The lowest BCUT2D eigenvalue weighted by Crippen LogP contribution is -2.22. The number of pyridine rings is 3. The third kappa shape index (κ3) is 16.5. The number of H-pyrrole nitrogens is 8. The Labute approximate surface area is 760 Å². The van der Waals surface area contributed by atoms with E-state index in [0.29, 0.717) is 127 Å². The molecule has 0 saturated carbocycles. The van der Waals surface area contributed by atoms with Crippen LogP contribution in [0.1, 0.15) is 126 Å². The van der Waals surface area contributed by atoms with E-state index in [1.165, 1.54) is 106 Å². The molecule has 134 heavy (non-hydrogen) atoms. The molecule has 11 aromatic heterocycles. The van der Waals surface area contributed by atoms with Gasteiger partial charge in [0, 0.05) is 171 Å².